The van der Waals surface area contributed by atoms with Crippen molar-refractivity contribution in [3.63, 3.8) is 0 Å². The SMILES string of the molecule is CS(=O)(=O)n1cc(CBr)c2cc(F)ccc21. The van der Waals surface area contributed by atoms with Crippen molar-refractivity contribution in [3.8, 4) is 0 Å². The molecule has 0 aliphatic rings. The van der Waals surface area contributed by atoms with Gasteiger partial charge in [-0.1, -0.05) is 15.9 Å². The Kier molecular flexibility index (Phi) is 2.79. The fourth-order valence-corrected chi connectivity index (χ4v) is 2.90. The van der Waals surface area contributed by atoms with Crippen LogP contribution in [0.25, 0.3) is 10.9 Å². The van der Waals surface area contributed by atoms with E-state index in [9.17, 15) is 12.8 Å². The molecule has 3 nitrogen and oxygen atoms in total. The topological polar surface area (TPSA) is 39.1 Å². The van der Waals surface area contributed by atoms with E-state index >= 15 is 0 Å². The van der Waals surface area contributed by atoms with Crippen LogP contribution in [0, 0.1) is 5.82 Å². The van der Waals surface area contributed by atoms with Crippen molar-refractivity contribution in [2.45, 2.75) is 5.33 Å². The summed E-state index contributed by atoms with van der Waals surface area (Å²) in [5, 5.41) is 1.09. The molecule has 0 unspecified atom stereocenters. The molecular formula is C10H9BrFNO2S. The minimum Gasteiger partial charge on any atom is -0.245 e. The van der Waals surface area contributed by atoms with Crippen molar-refractivity contribution < 1.29 is 12.8 Å². The smallest absolute Gasteiger partial charge is 0.236 e. The molecule has 1 aromatic heterocycles. The molecule has 0 spiro atoms. The van der Waals surface area contributed by atoms with Crippen LogP contribution < -0.4 is 0 Å². The summed E-state index contributed by atoms with van der Waals surface area (Å²) in [6.07, 6.45) is 2.63. The minimum absolute atomic E-state index is 0.374. The number of nitrogens with zero attached hydrogens (tertiary/aromatic N) is 1. The van der Waals surface area contributed by atoms with Gasteiger partial charge in [-0.25, -0.2) is 16.8 Å². The molecule has 0 radical (unpaired) electrons. The van der Waals surface area contributed by atoms with Crippen molar-refractivity contribution >= 4 is 36.9 Å². The first-order valence-electron chi connectivity index (χ1n) is 4.49. The highest BCUT2D eigenvalue weighted by atomic mass is 79.9. The van der Waals surface area contributed by atoms with E-state index in [0.717, 1.165) is 11.8 Å². The van der Waals surface area contributed by atoms with Crippen LogP contribution in [0.4, 0.5) is 4.39 Å². The lowest BCUT2D eigenvalue weighted by molar-refractivity contribution is 0.595. The molecule has 0 fully saturated rings. The van der Waals surface area contributed by atoms with Gasteiger partial charge in [-0.05, 0) is 23.8 Å². The Hall–Kier alpha value is -0.880. The van der Waals surface area contributed by atoms with Gasteiger partial charge in [0.15, 0.2) is 0 Å². The largest absolute Gasteiger partial charge is 0.245 e. The lowest BCUT2D eigenvalue weighted by atomic mass is 10.2. The highest BCUT2D eigenvalue weighted by Crippen LogP contribution is 2.25. The van der Waals surface area contributed by atoms with E-state index < -0.39 is 10.0 Å². The summed E-state index contributed by atoms with van der Waals surface area (Å²) in [6, 6.07) is 4.06. The first-order chi connectivity index (χ1) is 7.43. The van der Waals surface area contributed by atoms with E-state index in [1.807, 2.05) is 0 Å². The van der Waals surface area contributed by atoms with Crippen LogP contribution in [0.2, 0.25) is 0 Å². The number of hydrogen-bond acceptors (Lipinski definition) is 2. The molecule has 0 saturated heterocycles. The van der Waals surface area contributed by atoms with Crippen molar-refractivity contribution in [1.82, 2.24) is 3.97 Å². The molecule has 2 aromatic rings. The summed E-state index contributed by atoms with van der Waals surface area (Å²) in [5.74, 6) is -0.374. The molecular weight excluding hydrogens is 297 g/mol. The quantitative estimate of drug-likeness (QED) is 0.800. The summed E-state index contributed by atoms with van der Waals surface area (Å²) >= 11 is 3.25. The van der Waals surface area contributed by atoms with Gasteiger partial charge in [0.05, 0.1) is 11.8 Å². The van der Waals surface area contributed by atoms with Gasteiger partial charge in [0.1, 0.15) is 5.82 Å². The summed E-state index contributed by atoms with van der Waals surface area (Å²) < 4.78 is 37.3. The van der Waals surface area contributed by atoms with Crippen LogP contribution in [0.5, 0.6) is 0 Å². The number of rotatable bonds is 2. The van der Waals surface area contributed by atoms with Crippen molar-refractivity contribution in [1.29, 1.82) is 0 Å². The van der Waals surface area contributed by atoms with Crippen LogP contribution in [0.3, 0.4) is 0 Å². The van der Waals surface area contributed by atoms with E-state index in [-0.39, 0.29) is 5.82 Å². The summed E-state index contributed by atoms with van der Waals surface area (Å²) in [7, 11) is -3.36. The van der Waals surface area contributed by atoms with E-state index in [2.05, 4.69) is 15.9 Å². The van der Waals surface area contributed by atoms with Crippen molar-refractivity contribution in [3.05, 3.63) is 35.8 Å². The Bertz CT molecular complexity index is 648. The Morgan fingerprint density at radius 3 is 2.69 bits per heavy atom. The maximum Gasteiger partial charge on any atom is 0.236 e. The second kappa shape index (κ2) is 3.85. The molecule has 2 rings (SSSR count). The maximum absolute atomic E-state index is 13.1. The number of benzene rings is 1. The normalized spacial score (nSPS) is 12.2. The molecule has 16 heavy (non-hydrogen) atoms. The second-order valence-corrected chi connectivity index (χ2v) is 5.93. The maximum atomic E-state index is 13.1. The highest BCUT2D eigenvalue weighted by molar-refractivity contribution is 9.08. The Labute approximate surface area is 101 Å². The first kappa shape index (κ1) is 11.6. The summed E-state index contributed by atoms with van der Waals surface area (Å²) in [6.45, 7) is 0. The van der Waals surface area contributed by atoms with Crippen LogP contribution in [0.1, 0.15) is 5.56 Å². The molecule has 0 atom stereocenters. The Morgan fingerprint density at radius 1 is 1.44 bits per heavy atom. The number of alkyl halides is 1. The van der Waals surface area contributed by atoms with E-state index in [1.165, 1.54) is 28.4 Å². The molecule has 0 aliphatic heterocycles. The predicted molar refractivity (Wildman–Crippen MR) is 64.8 cm³/mol. The summed E-state index contributed by atoms with van der Waals surface area (Å²) in [5.41, 5.74) is 1.25. The average Bonchev–Trinajstić information content (AvgIpc) is 2.55. The van der Waals surface area contributed by atoms with E-state index in [1.54, 1.807) is 0 Å². The van der Waals surface area contributed by atoms with Crippen molar-refractivity contribution in [2.75, 3.05) is 6.26 Å². The zero-order valence-corrected chi connectivity index (χ0v) is 10.8. The van der Waals surface area contributed by atoms with Crippen LogP contribution in [-0.2, 0) is 15.4 Å². The highest BCUT2D eigenvalue weighted by Gasteiger charge is 2.14. The molecule has 0 amide bonds. The second-order valence-electron chi connectivity index (χ2n) is 3.51. The van der Waals surface area contributed by atoms with Gasteiger partial charge in [-0.15, -0.1) is 0 Å². The minimum atomic E-state index is -3.36. The van der Waals surface area contributed by atoms with Crippen LogP contribution in [0.15, 0.2) is 24.4 Å². The third-order valence-corrected chi connectivity index (χ3v) is 3.94. The number of aromatic nitrogens is 1. The lowest BCUT2D eigenvalue weighted by Crippen LogP contribution is -2.08. The molecule has 0 aliphatic carbocycles. The average molecular weight is 306 g/mol. The van der Waals surface area contributed by atoms with Gasteiger partial charge < -0.3 is 0 Å². The lowest BCUT2D eigenvalue weighted by Gasteiger charge is -2.00. The molecule has 1 aromatic carbocycles. The number of hydrogen-bond donors (Lipinski definition) is 0. The third kappa shape index (κ3) is 1.87. The standard InChI is InChI=1S/C10H9BrFNO2S/c1-16(14,15)13-6-7(5-11)9-4-8(12)2-3-10(9)13/h2-4,6H,5H2,1H3. The van der Waals surface area contributed by atoms with Gasteiger partial charge in [-0.2, -0.15) is 0 Å². The van der Waals surface area contributed by atoms with Gasteiger partial charge in [0.2, 0.25) is 10.0 Å². The van der Waals surface area contributed by atoms with Crippen molar-refractivity contribution in [2.24, 2.45) is 0 Å². The third-order valence-electron chi connectivity index (χ3n) is 2.32. The molecule has 0 saturated carbocycles. The zero-order valence-electron chi connectivity index (χ0n) is 8.44. The monoisotopic (exact) mass is 305 g/mol. The zero-order chi connectivity index (χ0) is 11.9. The molecule has 0 bridgehead atoms. The molecule has 86 valence electrons. The van der Waals surface area contributed by atoms with Gasteiger partial charge in [0.25, 0.3) is 0 Å². The van der Waals surface area contributed by atoms with E-state index in [4.69, 9.17) is 0 Å². The predicted octanol–water partition coefficient (Wildman–Crippen LogP) is 2.48. The molecule has 6 heteroatoms. The van der Waals surface area contributed by atoms with Gasteiger partial charge in [-0.3, -0.25) is 0 Å². The number of fused-ring (bicyclic) bond motifs is 1. The first-order valence-corrected chi connectivity index (χ1v) is 7.46. The molecule has 0 N–H and O–H groups in total. The van der Waals surface area contributed by atoms with E-state index in [0.29, 0.717) is 16.2 Å². The van der Waals surface area contributed by atoms with Gasteiger partial charge in [0, 0.05) is 16.9 Å². The Balaban J connectivity index is 2.89. The van der Waals surface area contributed by atoms with Crippen LogP contribution >= 0.6 is 15.9 Å². The summed E-state index contributed by atoms with van der Waals surface area (Å²) in [4.78, 5) is 0. The number of halogens is 2. The van der Waals surface area contributed by atoms with Crippen LogP contribution in [-0.4, -0.2) is 18.6 Å². The fraction of sp³-hybridized carbons (Fsp3) is 0.200. The Morgan fingerprint density at radius 2 is 2.12 bits per heavy atom. The fourth-order valence-electron chi connectivity index (χ4n) is 1.62. The molecule has 1 heterocycles. The van der Waals surface area contributed by atoms with Gasteiger partial charge >= 0.3 is 0 Å².